The molecule has 3 N–H and O–H groups in total. The van der Waals surface area contributed by atoms with Crippen LogP contribution in [0.3, 0.4) is 0 Å². The van der Waals surface area contributed by atoms with Crippen LogP contribution < -0.4 is 5.73 Å². The standard InChI is InChI=1S/C25H45N3O2/c1-2-3-4-5-6-7-8-9-10-11-12-13-14-15-16-17-18-24-27-20-22-28(24,21-19-26)23-25(29)30/h6-7,20,22H,2-5,8-19,21,23,26H2,1H3/p+1/b7-6+. The van der Waals surface area contributed by atoms with Crippen LogP contribution in [0.25, 0.3) is 0 Å². The Morgan fingerprint density at radius 1 is 0.967 bits per heavy atom. The minimum Gasteiger partial charge on any atom is -0.477 e. The van der Waals surface area contributed by atoms with Crippen molar-refractivity contribution < 1.29 is 14.4 Å². The van der Waals surface area contributed by atoms with Crippen molar-refractivity contribution >= 4 is 11.8 Å². The van der Waals surface area contributed by atoms with E-state index < -0.39 is 5.97 Å². The normalized spacial score (nSPS) is 18.4. The van der Waals surface area contributed by atoms with Gasteiger partial charge in [0.1, 0.15) is 12.7 Å². The van der Waals surface area contributed by atoms with E-state index in [1.807, 2.05) is 6.20 Å². The number of allylic oxidation sites excluding steroid dienone is 2. The van der Waals surface area contributed by atoms with Crippen molar-refractivity contribution in [2.45, 2.75) is 103 Å². The number of amidine groups is 1. The lowest BCUT2D eigenvalue weighted by Gasteiger charge is -2.30. The first-order chi connectivity index (χ1) is 14.6. The molecule has 5 heteroatoms. The second kappa shape index (κ2) is 17.2. The second-order valence-electron chi connectivity index (χ2n) is 8.63. The molecule has 1 heterocycles. The number of carboxylic acid groups (broad SMARTS) is 1. The van der Waals surface area contributed by atoms with Crippen molar-refractivity contribution in [3.8, 4) is 0 Å². The predicted octanol–water partition coefficient (Wildman–Crippen LogP) is 6.16. The molecule has 172 valence electrons. The highest BCUT2D eigenvalue weighted by Crippen LogP contribution is 2.21. The molecule has 0 aromatic rings. The molecule has 0 amide bonds. The van der Waals surface area contributed by atoms with Gasteiger partial charge in [0.15, 0.2) is 6.54 Å². The average Bonchev–Trinajstić information content (AvgIpc) is 3.09. The summed E-state index contributed by atoms with van der Waals surface area (Å²) in [6, 6.07) is 0. The van der Waals surface area contributed by atoms with Crippen LogP contribution in [-0.2, 0) is 4.79 Å². The highest BCUT2D eigenvalue weighted by Gasteiger charge is 2.36. The Morgan fingerprint density at radius 3 is 2.10 bits per heavy atom. The van der Waals surface area contributed by atoms with Crippen molar-refractivity contribution in [2.24, 2.45) is 10.7 Å². The number of carboxylic acids is 1. The Kier molecular flexibility index (Phi) is 15.3. The SMILES string of the molecule is CCCCC/C=C/CCCCCCCCCCCC1=NC=C[N+]1(CCN)CC(=O)O. The zero-order valence-electron chi connectivity index (χ0n) is 19.4. The predicted molar refractivity (Wildman–Crippen MR) is 127 cm³/mol. The molecule has 0 aromatic heterocycles. The second-order valence-corrected chi connectivity index (χ2v) is 8.63. The van der Waals surface area contributed by atoms with E-state index in [1.54, 1.807) is 6.20 Å². The van der Waals surface area contributed by atoms with Gasteiger partial charge in [-0.15, -0.1) is 0 Å². The summed E-state index contributed by atoms with van der Waals surface area (Å²) >= 11 is 0. The summed E-state index contributed by atoms with van der Waals surface area (Å²) in [5.41, 5.74) is 5.72. The summed E-state index contributed by atoms with van der Waals surface area (Å²) in [4.78, 5) is 15.7. The highest BCUT2D eigenvalue weighted by atomic mass is 16.4. The molecule has 0 aliphatic carbocycles. The first-order valence-corrected chi connectivity index (χ1v) is 12.3. The Morgan fingerprint density at radius 2 is 1.53 bits per heavy atom. The number of quaternary nitrogens is 1. The Labute approximate surface area is 184 Å². The van der Waals surface area contributed by atoms with Gasteiger partial charge in [0.25, 0.3) is 0 Å². The Bertz CT molecular complexity index is 543. The lowest BCUT2D eigenvalue weighted by atomic mass is 10.0. The van der Waals surface area contributed by atoms with Crippen molar-refractivity contribution in [1.82, 2.24) is 0 Å². The average molecular weight is 421 g/mol. The molecule has 5 nitrogen and oxygen atoms in total. The van der Waals surface area contributed by atoms with Gasteiger partial charge in [-0.05, 0) is 32.1 Å². The van der Waals surface area contributed by atoms with Gasteiger partial charge in [-0.1, -0.05) is 76.9 Å². The van der Waals surface area contributed by atoms with Gasteiger partial charge in [0, 0.05) is 13.0 Å². The molecule has 0 saturated carbocycles. The maximum Gasteiger partial charge on any atom is 0.360 e. The molecular formula is C25H46N3O2+. The van der Waals surface area contributed by atoms with Crippen molar-refractivity contribution in [2.75, 3.05) is 19.6 Å². The van der Waals surface area contributed by atoms with Crippen LogP contribution in [0, 0.1) is 0 Å². The van der Waals surface area contributed by atoms with E-state index in [0.29, 0.717) is 17.6 Å². The largest absolute Gasteiger partial charge is 0.477 e. The molecule has 0 saturated heterocycles. The number of unbranched alkanes of at least 4 members (excludes halogenated alkanes) is 12. The first kappa shape index (κ1) is 26.6. The van der Waals surface area contributed by atoms with Gasteiger partial charge in [0.2, 0.25) is 5.84 Å². The van der Waals surface area contributed by atoms with Crippen molar-refractivity contribution in [3.05, 3.63) is 24.6 Å². The van der Waals surface area contributed by atoms with Gasteiger partial charge in [0.05, 0.1) is 6.20 Å². The number of nitrogens with two attached hydrogens (primary N) is 1. The molecule has 0 fully saturated rings. The fourth-order valence-corrected chi connectivity index (χ4v) is 4.16. The van der Waals surface area contributed by atoms with Crippen LogP contribution >= 0.6 is 0 Å². The molecule has 0 aromatic carbocycles. The quantitative estimate of drug-likeness (QED) is 0.141. The van der Waals surface area contributed by atoms with Gasteiger partial charge >= 0.3 is 5.97 Å². The monoisotopic (exact) mass is 420 g/mol. The fourth-order valence-electron chi connectivity index (χ4n) is 4.16. The topological polar surface area (TPSA) is 75.7 Å². The Hall–Kier alpha value is -1.46. The van der Waals surface area contributed by atoms with Crippen LogP contribution in [0.2, 0.25) is 0 Å². The summed E-state index contributed by atoms with van der Waals surface area (Å²) in [7, 11) is 0. The third-order valence-corrected chi connectivity index (χ3v) is 5.95. The molecule has 0 bridgehead atoms. The number of hydrogen-bond acceptors (Lipinski definition) is 3. The van der Waals surface area contributed by atoms with Crippen LogP contribution in [0.1, 0.15) is 103 Å². The summed E-state index contributed by atoms with van der Waals surface area (Å²) in [6.45, 7) is 3.37. The maximum absolute atomic E-state index is 11.3. The third kappa shape index (κ3) is 11.7. The number of aliphatic imine (C=N–C) groups is 1. The van der Waals surface area contributed by atoms with E-state index in [2.05, 4.69) is 24.1 Å². The number of carbonyl (C=O) groups is 1. The summed E-state index contributed by atoms with van der Waals surface area (Å²) < 4.78 is 0.305. The minimum absolute atomic E-state index is 0.0428. The molecule has 1 unspecified atom stereocenters. The van der Waals surface area contributed by atoms with Crippen molar-refractivity contribution in [1.29, 1.82) is 0 Å². The van der Waals surface area contributed by atoms with Gasteiger partial charge < -0.3 is 10.8 Å². The molecule has 0 radical (unpaired) electrons. The van der Waals surface area contributed by atoms with Crippen LogP contribution in [0.15, 0.2) is 29.5 Å². The number of nitrogens with zero attached hydrogens (tertiary/aromatic N) is 2. The summed E-state index contributed by atoms with van der Waals surface area (Å²) in [5.74, 6) is 0.160. The molecule has 1 aliphatic rings. The lowest BCUT2D eigenvalue weighted by Crippen LogP contribution is -2.52. The molecule has 30 heavy (non-hydrogen) atoms. The van der Waals surface area contributed by atoms with E-state index >= 15 is 0 Å². The van der Waals surface area contributed by atoms with E-state index in [1.165, 1.54) is 83.5 Å². The minimum atomic E-state index is -0.800. The molecular weight excluding hydrogens is 374 g/mol. The molecule has 0 spiro atoms. The molecule has 1 rings (SSSR count). The van der Waals surface area contributed by atoms with Crippen LogP contribution in [0.4, 0.5) is 0 Å². The summed E-state index contributed by atoms with van der Waals surface area (Å²) in [6.07, 6.45) is 27.3. The third-order valence-electron chi connectivity index (χ3n) is 5.95. The van der Waals surface area contributed by atoms with Crippen LogP contribution in [0.5, 0.6) is 0 Å². The first-order valence-electron chi connectivity index (χ1n) is 12.3. The van der Waals surface area contributed by atoms with E-state index in [9.17, 15) is 9.90 Å². The number of hydrogen-bond donors (Lipinski definition) is 2. The summed E-state index contributed by atoms with van der Waals surface area (Å²) in [5, 5.41) is 9.25. The van der Waals surface area contributed by atoms with Gasteiger partial charge in [-0.25, -0.2) is 14.3 Å². The number of aliphatic carboxylic acids is 1. The molecule has 1 atom stereocenters. The fraction of sp³-hybridized carbons (Fsp3) is 0.760. The van der Waals surface area contributed by atoms with Crippen molar-refractivity contribution in [3.63, 3.8) is 0 Å². The number of rotatable bonds is 20. The molecule has 1 aliphatic heterocycles. The van der Waals surface area contributed by atoms with E-state index in [4.69, 9.17) is 5.73 Å². The van der Waals surface area contributed by atoms with Gasteiger partial charge in [-0.3, -0.25) is 0 Å². The maximum atomic E-state index is 11.3. The zero-order chi connectivity index (χ0) is 21.9. The highest BCUT2D eigenvalue weighted by molar-refractivity contribution is 5.81. The van der Waals surface area contributed by atoms with Crippen LogP contribution in [-0.4, -0.2) is 41.0 Å². The lowest BCUT2D eigenvalue weighted by molar-refractivity contribution is -0.778. The van der Waals surface area contributed by atoms with E-state index in [-0.39, 0.29) is 6.54 Å². The smallest absolute Gasteiger partial charge is 0.360 e. The zero-order valence-corrected chi connectivity index (χ0v) is 19.4. The Balaban J connectivity index is 1.99. The van der Waals surface area contributed by atoms with E-state index in [0.717, 1.165) is 18.7 Å². The van der Waals surface area contributed by atoms with Gasteiger partial charge in [-0.2, -0.15) is 0 Å².